The van der Waals surface area contributed by atoms with E-state index in [-0.39, 0.29) is 0 Å². The molecule has 0 radical (unpaired) electrons. The number of hydrogen-bond donors (Lipinski definition) is 0. The minimum atomic E-state index is 0.514. The van der Waals surface area contributed by atoms with Gasteiger partial charge in [-0.15, -0.1) is 16.4 Å². The molecule has 1 aliphatic carbocycles. The number of hydrogen-bond acceptors (Lipinski definition) is 5. The van der Waals surface area contributed by atoms with Crippen LogP contribution in [0.5, 0.6) is 5.75 Å². The van der Waals surface area contributed by atoms with Crippen molar-refractivity contribution in [3.8, 4) is 16.5 Å². The highest BCUT2D eigenvalue weighted by Crippen LogP contribution is 2.39. The van der Waals surface area contributed by atoms with Crippen LogP contribution in [0, 0.1) is 4.77 Å². The summed E-state index contributed by atoms with van der Waals surface area (Å²) in [7, 11) is 3.78. The number of nitrogens with zero attached hydrogens (tertiary/aromatic N) is 4. The molecule has 26 heavy (non-hydrogen) atoms. The fourth-order valence-electron chi connectivity index (χ4n) is 3.07. The summed E-state index contributed by atoms with van der Waals surface area (Å²) in [4.78, 5) is 3.40. The molecule has 7 heteroatoms. The maximum atomic E-state index is 5.74. The zero-order valence-electron chi connectivity index (χ0n) is 15.0. The maximum Gasteiger partial charge on any atom is 0.199 e. The smallest absolute Gasteiger partial charge is 0.199 e. The second-order valence-corrected chi connectivity index (χ2v) is 8.00. The largest absolute Gasteiger partial charge is 0.497 e. The first-order valence-corrected chi connectivity index (χ1v) is 9.99. The predicted octanol–water partition coefficient (Wildman–Crippen LogP) is 4.58. The van der Waals surface area contributed by atoms with E-state index in [1.165, 1.54) is 23.3 Å². The molecule has 2 aromatic heterocycles. The van der Waals surface area contributed by atoms with Crippen LogP contribution in [-0.2, 0) is 13.2 Å². The van der Waals surface area contributed by atoms with Crippen molar-refractivity contribution < 1.29 is 4.74 Å². The van der Waals surface area contributed by atoms with Crippen LogP contribution >= 0.6 is 23.6 Å². The van der Waals surface area contributed by atoms with Crippen molar-refractivity contribution in [1.82, 2.24) is 19.2 Å². The summed E-state index contributed by atoms with van der Waals surface area (Å²) < 4.78 is 10.2. The third-order valence-corrected chi connectivity index (χ3v) is 5.78. The van der Waals surface area contributed by atoms with Gasteiger partial charge in [0.2, 0.25) is 0 Å². The van der Waals surface area contributed by atoms with Crippen LogP contribution in [0.4, 0.5) is 0 Å². The van der Waals surface area contributed by atoms with Gasteiger partial charge in [0.25, 0.3) is 0 Å². The maximum absolute atomic E-state index is 5.74. The van der Waals surface area contributed by atoms with E-state index in [0.717, 1.165) is 22.9 Å². The van der Waals surface area contributed by atoms with E-state index >= 15 is 0 Å². The van der Waals surface area contributed by atoms with Gasteiger partial charge >= 0.3 is 0 Å². The van der Waals surface area contributed by atoms with Gasteiger partial charge in [-0.3, -0.25) is 9.47 Å². The molecule has 0 aliphatic heterocycles. The van der Waals surface area contributed by atoms with Gasteiger partial charge in [0, 0.05) is 12.6 Å². The van der Waals surface area contributed by atoms with E-state index in [9.17, 15) is 0 Å². The van der Waals surface area contributed by atoms with Crippen LogP contribution < -0.4 is 4.74 Å². The summed E-state index contributed by atoms with van der Waals surface area (Å²) in [5.74, 6) is 1.88. The molecule has 1 saturated carbocycles. The van der Waals surface area contributed by atoms with Crippen LogP contribution in [0.1, 0.15) is 24.4 Å². The van der Waals surface area contributed by atoms with Crippen LogP contribution in [-0.4, -0.2) is 33.4 Å². The first-order valence-electron chi connectivity index (χ1n) is 8.70. The quantitative estimate of drug-likeness (QED) is 0.557. The molecule has 0 amide bonds. The van der Waals surface area contributed by atoms with Gasteiger partial charge in [-0.05, 0) is 61.2 Å². The van der Waals surface area contributed by atoms with Gasteiger partial charge in [-0.2, -0.15) is 0 Å². The Morgan fingerprint density at radius 3 is 2.65 bits per heavy atom. The van der Waals surface area contributed by atoms with Gasteiger partial charge in [-0.25, -0.2) is 4.68 Å². The Balaban J connectivity index is 1.54. The molecular weight excluding hydrogens is 364 g/mol. The van der Waals surface area contributed by atoms with Gasteiger partial charge in [0.05, 0.1) is 18.7 Å². The fourth-order valence-corrected chi connectivity index (χ4v) is 4.11. The minimum absolute atomic E-state index is 0.514. The second-order valence-electron chi connectivity index (χ2n) is 6.69. The van der Waals surface area contributed by atoms with Crippen molar-refractivity contribution in [3.63, 3.8) is 0 Å². The Hall–Kier alpha value is -1.96. The second kappa shape index (κ2) is 7.34. The third-order valence-electron chi connectivity index (χ3n) is 4.51. The average molecular weight is 387 g/mol. The van der Waals surface area contributed by atoms with E-state index in [1.807, 2.05) is 16.8 Å². The normalized spacial score (nSPS) is 14.1. The molecule has 2 heterocycles. The Labute approximate surface area is 162 Å². The molecule has 0 unspecified atom stereocenters. The predicted molar refractivity (Wildman–Crippen MR) is 107 cm³/mol. The summed E-state index contributed by atoms with van der Waals surface area (Å²) >= 11 is 7.46. The molecule has 0 bridgehead atoms. The molecule has 1 aromatic carbocycles. The summed E-state index contributed by atoms with van der Waals surface area (Å²) in [6.07, 6.45) is 2.39. The number of aromatic nitrogens is 3. The van der Waals surface area contributed by atoms with Crippen molar-refractivity contribution in [2.75, 3.05) is 14.2 Å². The molecule has 0 atom stereocenters. The highest BCUT2D eigenvalue weighted by atomic mass is 32.1. The molecule has 5 nitrogen and oxygen atoms in total. The summed E-state index contributed by atoms with van der Waals surface area (Å²) in [5, 5.41) is 6.93. The van der Waals surface area contributed by atoms with Crippen molar-refractivity contribution in [3.05, 3.63) is 52.1 Å². The van der Waals surface area contributed by atoms with E-state index in [1.54, 1.807) is 18.4 Å². The number of ether oxygens (including phenoxy) is 1. The highest BCUT2D eigenvalue weighted by molar-refractivity contribution is 7.71. The van der Waals surface area contributed by atoms with Crippen LogP contribution in [0.3, 0.4) is 0 Å². The molecule has 4 rings (SSSR count). The Morgan fingerprint density at radius 2 is 2.04 bits per heavy atom. The van der Waals surface area contributed by atoms with Crippen LogP contribution in [0.15, 0.2) is 41.8 Å². The average Bonchev–Trinajstić information content (AvgIpc) is 3.22. The topological polar surface area (TPSA) is 35.2 Å². The van der Waals surface area contributed by atoms with Gasteiger partial charge in [0.1, 0.15) is 5.75 Å². The standard InChI is InChI=1S/C19H22N4OS2/c1-21(12-14-5-9-16(24-2)10-6-14)13-22-19(25)23(15-7-8-15)18(20-22)17-4-3-11-26-17/h3-6,9-11,15H,7-8,12-13H2,1-2H3. The molecule has 0 saturated heterocycles. The minimum Gasteiger partial charge on any atom is -0.497 e. The lowest BCUT2D eigenvalue weighted by Gasteiger charge is -2.16. The number of benzene rings is 1. The monoisotopic (exact) mass is 386 g/mol. The van der Waals surface area contributed by atoms with E-state index in [4.69, 9.17) is 22.1 Å². The lowest BCUT2D eigenvalue weighted by atomic mass is 10.2. The van der Waals surface area contributed by atoms with Gasteiger partial charge in [0.15, 0.2) is 10.6 Å². The van der Waals surface area contributed by atoms with Crippen molar-refractivity contribution >= 4 is 23.6 Å². The molecular formula is C19H22N4OS2. The third kappa shape index (κ3) is 3.60. The lowest BCUT2D eigenvalue weighted by molar-refractivity contribution is 0.243. The van der Waals surface area contributed by atoms with E-state index in [0.29, 0.717) is 12.7 Å². The van der Waals surface area contributed by atoms with Crippen molar-refractivity contribution in [2.45, 2.75) is 32.1 Å². The lowest BCUT2D eigenvalue weighted by Crippen LogP contribution is -2.22. The zero-order valence-corrected chi connectivity index (χ0v) is 16.6. The summed E-state index contributed by atoms with van der Waals surface area (Å²) in [6.45, 7) is 1.50. The number of methoxy groups -OCH3 is 1. The SMILES string of the molecule is COc1ccc(CN(C)Cn2nc(-c3cccs3)n(C3CC3)c2=S)cc1. The summed E-state index contributed by atoms with van der Waals surface area (Å²) in [6, 6.07) is 12.9. The van der Waals surface area contributed by atoms with Gasteiger partial charge < -0.3 is 4.74 Å². The van der Waals surface area contributed by atoms with Crippen molar-refractivity contribution in [2.24, 2.45) is 0 Å². The number of rotatable bonds is 7. The van der Waals surface area contributed by atoms with Gasteiger partial charge in [-0.1, -0.05) is 18.2 Å². The molecule has 1 fully saturated rings. The van der Waals surface area contributed by atoms with E-state index in [2.05, 4.69) is 46.2 Å². The molecule has 3 aromatic rings. The van der Waals surface area contributed by atoms with Crippen LogP contribution in [0.25, 0.3) is 10.7 Å². The van der Waals surface area contributed by atoms with E-state index < -0.39 is 0 Å². The first kappa shape index (κ1) is 17.5. The molecule has 0 spiro atoms. The summed E-state index contributed by atoms with van der Waals surface area (Å²) in [5.41, 5.74) is 1.24. The number of thiophene rings is 1. The highest BCUT2D eigenvalue weighted by Gasteiger charge is 2.29. The van der Waals surface area contributed by atoms with Crippen molar-refractivity contribution in [1.29, 1.82) is 0 Å². The molecule has 0 N–H and O–H groups in total. The first-order chi connectivity index (χ1) is 12.7. The Kier molecular flexibility index (Phi) is 4.93. The zero-order chi connectivity index (χ0) is 18.1. The molecule has 1 aliphatic rings. The fraction of sp³-hybridized carbons (Fsp3) is 0.368. The molecule has 136 valence electrons. The Bertz CT molecular complexity index is 924. The Morgan fingerprint density at radius 1 is 1.27 bits per heavy atom. The van der Waals surface area contributed by atoms with Crippen LogP contribution in [0.2, 0.25) is 0 Å².